The normalized spacial score (nSPS) is 12.2. The minimum Gasteiger partial charge on any atom is -0.298 e. The van der Waals surface area contributed by atoms with Crippen molar-refractivity contribution in [3.05, 3.63) is 62.2 Å². The van der Waals surface area contributed by atoms with Gasteiger partial charge < -0.3 is 0 Å². The highest BCUT2D eigenvalue weighted by atomic mass is 79.9. The molecule has 3 aromatic rings. The van der Waals surface area contributed by atoms with Crippen LogP contribution in [0.5, 0.6) is 0 Å². The van der Waals surface area contributed by atoms with Crippen LogP contribution in [0.2, 0.25) is 0 Å². The highest BCUT2D eigenvalue weighted by Crippen LogP contribution is 2.27. The number of nitrogens with zero attached hydrogens (tertiary/aromatic N) is 1. The number of thiophene rings is 1. The number of benzene rings is 1. The quantitative estimate of drug-likeness (QED) is 0.557. The van der Waals surface area contributed by atoms with Gasteiger partial charge in [-0.3, -0.25) is 10.1 Å². The van der Waals surface area contributed by atoms with E-state index in [1.165, 1.54) is 34.8 Å². The largest absolute Gasteiger partial charge is 0.298 e. The zero-order chi connectivity index (χ0) is 18.7. The van der Waals surface area contributed by atoms with Crippen molar-refractivity contribution in [3.8, 4) is 0 Å². The molecule has 1 aromatic carbocycles. The molecule has 0 unspecified atom stereocenters. The second-order valence-corrected chi connectivity index (χ2v) is 10.7. The molecule has 3 rings (SSSR count). The fourth-order valence-corrected chi connectivity index (χ4v) is 4.54. The number of amides is 1. The van der Waals surface area contributed by atoms with E-state index in [0.717, 1.165) is 14.9 Å². The van der Waals surface area contributed by atoms with Crippen molar-refractivity contribution in [1.82, 2.24) is 4.98 Å². The van der Waals surface area contributed by atoms with Gasteiger partial charge in [-0.2, -0.15) is 0 Å². The third-order valence-corrected chi connectivity index (χ3v) is 6.71. The van der Waals surface area contributed by atoms with Crippen molar-refractivity contribution < 1.29 is 13.2 Å². The van der Waals surface area contributed by atoms with E-state index >= 15 is 0 Å². The zero-order valence-corrected chi connectivity index (χ0v) is 17.5. The minimum absolute atomic E-state index is 0.209. The number of rotatable bonds is 5. The monoisotopic (exact) mass is 468 g/mol. The molecule has 0 aliphatic heterocycles. The number of thiazole rings is 1. The summed E-state index contributed by atoms with van der Waals surface area (Å²) in [4.78, 5) is 18.0. The standard InChI is InChI=1S/C17H13BrN2O3S3/c1-26(22,23)13-6-4-11(5-7-13)14(9-12-3-2-8-24-12)16(21)20-17-19-10-15(18)25-17/h2-10H,1H3,(H,19,20,21). The fourth-order valence-electron chi connectivity index (χ4n) is 2.15. The predicted octanol–water partition coefficient (Wildman–Crippen LogP) is 4.55. The highest BCUT2D eigenvalue weighted by molar-refractivity contribution is 9.11. The van der Waals surface area contributed by atoms with Crippen LogP contribution < -0.4 is 5.32 Å². The Morgan fingerprint density at radius 1 is 1.23 bits per heavy atom. The Kier molecular flexibility index (Phi) is 5.71. The lowest BCUT2D eigenvalue weighted by Gasteiger charge is -2.08. The summed E-state index contributed by atoms with van der Waals surface area (Å²) >= 11 is 6.13. The molecular weight excluding hydrogens is 456 g/mol. The van der Waals surface area contributed by atoms with E-state index in [1.54, 1.807) is 24.4 Å². The number of halogens is 1. The summed E-state index contributed by atoms with van der Waals surface area (Å²) < 4.78 is 24.1. The molecule has 0 fully saturated rings. The molecule has 9 heteroatoms. The lowest BCUT2D eigenvalue weighted by molar-refractivity contribution is -0.111. The molecule has 134 valence electrons. The number of aromatic nitrogens is 1. The van der Waals surface area contributed by atoms with E-state index in [-0.39, 0.29) is 10.8 Å². The summed E-state index contributed by atoms with van der Waals surface area (Å²) in [5.74, 6) is -0.313. The summed E-state index contributed by atoms with van der Waals surface area (Å²) in [6, 6.07) is 10.1. The van der Waals surface area contributed by atoms with Gasteiger partial charge >= 0.3 is 0 Å². The second kappa shape index (κ2) is 7.83. The summed E-state index contributed by atoms with van der Waals surface area (Å²) in [6.45, 7) is 0. The third-order valence-electron chi connectivity index (χ3n) is 3.37. The molecule has 1 amide bonds. The molecule has 2 aromatic heterocycles. The Balaban J connectivity index is 1.97. The topological polar surface area (TPSA) is 76.1 Å². The van der Waals surface area contributed by atoms with E-state index in [2.05, 4.69) is 26.2 Å². The smallest absolute Gasteiger partial charge is 0.258 e. The van der Waals surface area contributed by atoms with Gasteiger partial charge in [0.15, 0.2) is 15.0 Å². The first-order chi connectivity index (χ1) is 12.3. The Morgan fingerprint density at radius 3 is 2.50 bits per heavy atom. The van der Waals surface area contributed by atoms with Gasteiger partial charge in [0.2, 0.25) is 0 Å². The van der Waals surface area contributed by atoms with Crippen molar-refractivity contribution in [2.24, 2.45) is 0 Å². The molecule has 1 N–H and O–H groups in total. The van der Waals surface area contributed by atoms with Crippen molar-refractivity contribution in [2.75, 3.05) is 11.6 Å². The molecule has 0 saturated carbocycles. The Hall–Kier alpha value is -1.81. The predicted molar refractivity (Wildman–Crippen MR) is 110 cm³/mol. The third kappa shape index (κ3) is 4.67. The van der Waals surface area contributed by atoms with E-state index in [9.17, 15) is 13.2 Å². The summed E-state index contributed by atoms with van der Waals surface area (Å²) in [7, 11) is -3.29. The lowest BCUT2D eigenvalue weighted by atomic mass is 10.0. The molecule has 0 radical (unpaired) electrons. The molecule has 2 heterocycles. The molecule has 0 spiro atoms. The SMILES string of the molecule is CS(=O)(=O)c1ccc(C(=Cc2cccs2)C(=O)Nc2ncc(Br)s2)cc1. The first kappa shape index (κ1) is 19.0. The first-order valence-electron chi connectivity index (χ1n) is 7.31. The van der Waals surface area contributed by atoms with Crippen LogP contribution in [-0.2, 0) is 14.6 Å². The van der Waals surface area contributed by atoms with Gasteiger partial charge in [0.1, 0.15) is 0 Å². The van der Waals surface area contributed by atoms with Crippen LogP contribution in [0.3, 0.4) is 0 Å². The molecule has 26 heavy (non-hydrogen) atoms. The molecule has 0 aliphatic rings. The maximum atomic E-state index is 12.8. The number of sulfone groups is 1. The molecular formula is C17H13BrN2O3S3. The number of anilines is 1. The van der Waals surface area contributed by atoms with Crippen molar-refractivity contribution >= 4 is 71.1 Å². The van der Waals surface area contributed by atoms with Crippen LogP contribution in [0.25, 0.3) is 11.6 Å². The highest BCUT2D eigenvalue weighted by Gasteiger charge is 2.16. The Labute approximate surface area is 167 Å². The number of carbonyl (C=O) groups is 1. The van der Waals surface area contributed by atoms with Crippen LogP contribution in [0.4, 0.5) is 5.13 Å². The Morgan fingerprint density at radius 2 is 1.96 bits per heavy atom. The molecule has 5 nitrogen and oxygen atoms in total. The maximum absolute atomic E-state index is 12.8. The van der Waals surface area contributed by atoms with E-state index in [1.807, 2.05) is 17.5 Å². The van der Waals surface area contributed by atoms with E-state index in [0.29, 0.717) is 16.3 Å². The maximum Gasteiger partial charge on any atom is 0.258 e. The van der Waals surface area contributed by atoms with Crippen molar-refractivity contribution in [2.45, 2.75) is 4.90 Å². The van der Waals surface area contributed by atoms with E-state index in [4.69, 9.17) is 0 Å². The van der Waals surface area contributed by atoms with Gasteiger partial charge in [0.05, 0.1) is 14.9 Å². The molecule has 0 saturated heterocycles. The summed E-state index contributed by atoms with van der Waals surface area (Å²) in [5, 5.41) is 5.18. The van der Waals surface area contributed by atoms with Crippen molar-refractivity contribution in [3.63, 3.8) is 0 Å². The average molecular weight is 469 g/mol. The Bertz CT molecular complexity index is 1050. The zero-order valence-electron chi connectivity index (χ0n) is 13.5. The van der Waals surface area contributed by atoms with Crippen LogP contribution in [0, 0.1) is 0 Å². The van der Waals surface area contributed by atoms with Gasteiger partial charge in [-0.15, -0.1) is 11.3 Å². The van der Waals surface area contributed by atoms with Gasteiger partial charge in [0.25, 0.3) is 5.91 Å². The van der Waals surface area contributed by atoms with Crippen LogP contribution >= 0.6 is 38.6 Å². The summed E-state index contributed by atoms with van der Waals surface area (Å²) in [6.07, 6.45) is 4.54. The van der Waals surface area contributed by atoms with Crippen LogP contribution in [0.1, 0.15) is 10.4 Å². The van der Waals surface area contributed by atoms with Crippen LogP contribution in [-0.4, -0.2) is 25.6 Å². The fraction of sp³-hybridized carbons (Fsp3) is 0.0588. The van der Waals surface area contributed by atoms with E-state index < -0.39 is 9.84 Å². The van der Waals surface area contributed by atoms with Gasteiger partial charge in [-0.1, -0.05) is 29.5 Å². The van der Waals surface area contributed by atoms with Gasteiger partial charge in [-0.25, -0.2) is 13.4 Å². The minimum atomic E-state index is -3.29. The van der Waals surface area contributed by atoms with Gasteiger partial charge in [0, 0.05) is 16.7 Å². The number of hydrogen-bond acceptors (Lipinski definition) is 6. The van der Waals surface area contributed by atoms with Crippen LogP contribution in [0.15, 0.2) is 56.7 Å². The summed E-state index contributed by atoms with van der Waals surface area (Å²) in [5.41, 5.74) is 1.05. The lowest BCUT2D eigenvalue weighted by Crippen LogP contribution is -2.13. The molecule has 0 bridgehead atoms. The first-order valence-corrected chi connectivity index (χ1v) is 11.7. The molecule has 0 aliphatic carbocycles. The van der Waals surface area contributed by atoms with Gasteiger partial charge in [-0.05, 0) is 51.1 Å². The number of carbonyl (C=O) groups excluding carboxylic acids is 1. The average Bonchev–Trinajstić information content (AvgIpc) is 3.23. The second-order valence-electron chi connectivity index (χ2n) is 5.29. The number of hydrogen-bond donors (Lipinski definition) is 1. The molecule has 0 atom stereocenters. The van der Waals surface area contributed by atoms with Crippen molar-refractivity contribution in [1.29, 1.82) is 0 Å². The number of nitrogens with one attached hydrogen (secondary N) is 1.